The third kappa shape index (κ3) is 2.57. The molecule has 0 amide bonds. The van der Waals surface area contributed by atoms with Crippen LogP contribution in [0.2, 0.25) is 0 Å². The zero-order valence-electron chi connectivity index (χ0n) is 10.6. The second-order valence-corrected chi connectivity index (χ2v) is 4.67. The minimum atomic E-state index is 0.627. The monoisotopic (exact) mass is 228 g/mol. The fourth-order valence-electron chi connectivity index (χ4n) is 2.23. The van der Waals surface area contributed by atoms with Crippen LogP contribution in [-0.4, -0.2) is 12.8 Å². The first kappa shape index (κ1) is 11.9. The van der Waals surface area contributed by atoms with Crippen LogP contribution in [0.25, 0.3) is 0 Å². The van der Waals surface area contributed by atoms with Gasteiger partial charge in [0.2, 0.25) is 0 Å². The summed E-state index contributed by atoms with van der Waals surface area (Å²) >= 11 is 0. The van der Waals surface area contributed by atoms with Crippen LogP contribution in [0.4, 0.5) is 0 Å². The van der Waals surface area contributed by atoms with E-state index < -0.39 is 0 Å². The molecule has 0 aromatic rings. The van der Waals surface area contributed by atoms with Crippen LogP contribution in [0, 0.1) is 5.92 Å². The summed E-state index contributed by atoms with van der Waals surface area (Å²) in [4.78, 5) is 4.30. The average molecular weight is 228 g/mol. The minimum absolute atomic E-state index is 0.627. The Hall–Kier alpha value is -1.57. The molecule has 0 aromatic heterocycles. The van der Waals surface area contributed by atoms with E-state index in [4.69, 9.17) is 5.73 Å². The molecule has 0 radical (unpaired) electrons. The van der Waals surface area contributed by atoms with E-state index in [1.54, 1.807) is 0 Å². The van der Waals surface area contributed by atoms with Gasteiger partial charge in [-0.05, 0) is 36.8 Å². The molecule has 2 heteroatoms. The highest BCUT2D eigenvalue weighted by atomic mass is 14.7. The molecule has 0 heterocycles. The SMILES string of the molecule is CN=C1C=CCCC1=C(N)C1=CCC(C)C=C1. The van der Waals surface area contributed by atoms with Gasteiger partial charge in [0.25, 0.3) is 0 Å². The molecule has 2 aliphatic carbocycles. The van der Waals surface area contributed by atoms with E-state index >= 15 is 0 Å². The standard InChI is InChI=1S/C15H20N2/c1-11-7-9-12(10-8-11)15(16)13-5-3-4-6-14(13)17-2/h4,6-7,9-11H,3,5,8,16H2,1-2H3. The maximum atomic E-state index is 6.28. The van der Waals surface area contributed by atoms with Crippen LogP contribution < -0.4 is 5.73 Å². The summed E-state index contributed by atoms with van der Waals surface area (Å²) in [5, 5.41) is 0. The highest BCUT2D eigenvalue weighted by Crippen LogP contribution is 2.25. The topological polar surface area (TPSA) is 38.4 Å². The second-order valence-electron chi connectivity index (χ2n) is 4.67. The summed E-state index contributed by atoms with van der Waals surface area (Å²) in [6.45, 7) is 2.22. The van der Waals surface area contributed by atoms with Gasteiger partial charge in [-0.25, -0.2) is 0 Å². The van der Waals surface area contributed by atoms with Gasteiger partial charge in [-0.15, -0.1) is 0 Å². The second kappa shape index (κ2) is 5.17. The Bertz CT molecular complexity index is 448. The number of nitrogens with two attached hydrogens (primary N) is 1. The molecule has 0 aromatic carbocycles. The zero-order chi connectivity index (χ0) is 12.3. The number of hydrogen-bond acceptors (Lipinski definition) is 2. The van der Waals surface area contributed by atoms with Crippen molar-refractivity contribution in [2.75, 3.05) is 7.05 Å². The lowest BCUT2D eigenvalue weighted by atomic mass is 9.90. The molecule has 17 heavy (non-hydrogen) atoms. The highest BCUT2D eigenvalue weighted by molar-refractivity contribution is 6.09. The summed E-state index contributed by atoms with van der Waals surface area (Å²) in [5.41, 5.74) is 10.6. The largest absolute Gasteiger partial charge is 0.398 e. The predicted octanol–water partition coefficient (Wildman–Crippen LogP) is 3.14. The maximum absolute atomic E-state index is 6.28. The molecule has 1 atom stereocenters. The van der Waals surface area contributed by atoms with Crippen molar-refractivity contribution in [3.8, 4) is 0 Å². The van der Waals surface area contributed by atoms with E-state index in [9.17, 15) is 0 Å². The van der Waals surface area contributed by atoms with Crippen molar-refractivity contribution >= 4 is 5.71 Å². The van der Waals surface area contributed by atoms with Crippen molar-refractivity contribution < 1.29 is 0 Å². The molecule has 2 aliphatic rings. The lowest BCUT2D eigenvalue weighted by Crippen LogP contribution is -2.14. The molecular weight excluding hydrogens is 208 g/mol. The molecule has 0 aliphatic heterocycles. The van der Waals surface area contributed by atoms with Crippen molar-refractivity contribution in [1.29, 1.82) is 0 Å². The summed E-state index contributed by atoms with van der Waals surface area (Å²) < 4.78 is 0. The van der Waals surface area contributed by atoms with Crippen molar-refractivity contribution in [1.82, 2.24) is 0 Å². The van der Waals surface area contributed by atoms with E-state index in [1.807, 2.05) is 7.05 Å². The van der Waals surface area contributed by atoms with Crippen LogP contribution in [0.1, 0.15) is 26.2 Å². The van der Waals surface area contributed by atoms with E-state index in [1.165, 1.54) is 5.57 Å². The van der Waals surface area contributed by atoms with Gasteiger partial charge in [-0.1, -0.05) is 31.2 Å². The predicted molar refractivity (Wildman–Crippen MR) is 74.0 cm³/mol. The van der Waals surface area contributed by atoms with Crippen LogP contribution in [0.3, 0.4) is 0 Å². The Kier molecular flexibility index (Phi) is 3.62. The highest BCUT2D eigenvalue weighted by Gasteiger charge is 2.15. The Morgan fingerprint density at radius 2 is 2.24 bits per heavy atom. The Labute approximate surface area is 103 Å². The first-order valence-corrected chi connectivity index (χ1v) is 6.23. The zero-order valence-corrected chi connectivity index (χ0v) is 10.6. The number of hydrogen-bond donors (Lipinski definition) is 1. The maximum Gasteiger partial charge on any atom is 0.0620 e. The summed E-state index contributed by atoms with van der Waals surface area (Å²) in [5.74, 6) is 0.627. The first-order valence-electron chi connectivity index (χ1n) is 6.23. The van der Waals surface area contributed by atoms with Crippen LogP contribution in [0.15, 0.2) is 52.2 Å². The van der Waals surface area contributed by atoms with Gasteiger partial charge in [0.05, 0.1) is 5.71 Å². The van der Waals surface area contributed by atoms with Gasteiger partial charge in [0.15, 0.2) is 0 Å². The molecule has 2 rings (SSSR count). The molecule has 0 fully saturated rings. The lowest BCUT2D eigenvalue weighted by Gasteiger charge is -2.18. The Morgan fingerprint density at radius 3 is 2.88 bits per heavy atom. The van der Waals surface area contributed by atoms with Crippen molar-refractivity contribution in [3.63, 3.8) is 0 Å². The smallest absolute Gasteiger partial charge is 0.0620 e. The van der Waals surface area contributed by atoms with Crippen molar-refractivity contribution in [2.45, 2.75) is 26.2 Å². The number of nitrogens with zero attached hydrogens (tertiary/aromatic N) is 1. The number of aliphatic imine (C=N–C) groups is 1. The molecule has 2 N–H and O–H groups in total. The molecule has 0 bridgehead atoms. The number of allylic oxidation sites excluding steroid dienone is 6. The van der Waals surface area contributed by atoms with Gasteiger partial charge in [0, 0.05) is 18.3 Å². The summed E-state index contributed by atoms with van der Waals surface area (Å²) in [7, 11) is 1.82. The average Bonchev–Trinajstić information content (AvgIpc) is 2.39. The molecular formula is C15H20N2. The van der Waals surface area contributed by atoms with Gasteiger partial charge >= 0.3 is 0 Å². The third-order valence-electron chi connectivity index (χ3n) is 3.34. The molecule has 2 nitrogen and oxygen atoms in total. The van der Waals surface area contributed by atoms with E-state index in [2.05, 4.69) is 42.3 Å². The van der Waals surface area contributed by atoms with Gasteiger partial charge < -0.3 is 5.73 Å². The van der Waals surface area contributed by atoms with Crippen LogP contribution in [-0.2, 0) is 0 Å². The van der Waals surface area contributed by atoms with Gasteiger partial charge in [-0.3, -0.25) is 4.99 Å². The van der Waals surface area contributed by atoms with Crippen LogP contribution >= 0.6 is 0 Å². The van der Waals surface area contributed by atoms with E-state index in [-0.39, 0.29) is 0 Å². The summed E-state index contributed by atoms with van der Waals surface area (Å²) in [6.07, 6.45) is 14.0. The molecule has 0 spiro atoms. The fourth-order valence-corrected chi connectivity index (χ4v) is 2.23. The van der Waals surface area contributed by atoms with E-state index in [0.717, 1.165) is 36.2 Å². The number of rotatable bonds is 1. The molecule has 0 saturated heterocycles. The third-order valence-corrected chi connectivity index (χ3v) is 3.34. The Balaban J connectivity index is 2.32. The normalized spacial score (nSPS) is 29.4. The lowest BCUT2D eigenvalue weighted by molar-refractivity contribution is 0.731. The summed E-state index contributed by atoms with van der Waals surface area (Å²) in [6, 6.07) is 0. The van der Waals surface area contributed by atoms with Crippen molar-refractivity contribution in [2.24, 2.45) is 16.6 Å². The molecule has 1 unspecified atom stereocenters. The quantitative estimate of drug-likeness (QED) is 0.735. The Morgan fingerprint density at radius 1 is 1.41 bits per heavy atom. The molecule has 90 valence electrons. The minimum Gasteiger partial charge on any atom is -0.398 e. The molecule has 0 saturated carbocycles. The fraction of sp³-hybridized carbons (Fsp3) is 0.400. The first-order chi connectivity index (χ1) is 8.22. The van der Waals surface area contributed by atoms with Crippen molar-refractivity contribution in [3.05, 3.63) is 47.2 Å². The van der Waals surface area contributed by atoms with E-state index in [0.29, 0.717) is 5.92 Å². The van der Waals surface area contributed by atoms with Gasteiger partial charge in [-0.2, -0.15) is 0 Å². The van der Waals surface area contributed by atoms with Crippen LogP contribution in [0.5, 0.6) is 0 Å². The van der Waals surface area contributed by atoms with Gasteiger partial charge in [0.1, 0.15) is 0 Å².